The summed E-state index contributed by atoms with van der Waals surface area (Å²) in [6, 6.07) is 0. The van der Waals surface area contributed by atoms with Crippen LogP contribution in [-0.4, -0.2) is 59.5 Å². The van der Waals surface area contributed by atoms with Crippen molar-refractivity contribution in [3.05, 3.63) is 12.2 Å². The van der Waals surface area contributed by atoms with E-state index in [2.05, 4.69) is 27.4 Å². The molecule has 0 aromatic carbocycles. The number of ketones is 1. The molecule has 1 spiro atoms. The van der Waals surface area contributed by atoms with Gasteiger partial charge in [0.1, 0.15) is 18.3 Å². The Kier molecular flexibility index (Phi) is 5.84. The minimum Gasteiger partial charge on any atom is -0.462 e. The predicted octanol–water partition coefficient (Wildman–Crippen LogP) is 3.66. The van der Waals surface area contributed by atoms with Crippen molar-refractivity contribution in [3.63, 3.8) is 0 Å². The summed E-state index contributed by atoms with van der Waals surface area (Å²) < 4.78 is 31.1. The topological polar surface area (TPSA) is 114 Å². The van der Waals surface area contributed by atoms with Crippen LogP contribution in [0.2, 0.25) is 0 Å². The molecule has 0 radical (unpaired) electrons. The Labute approximate surface area is 223 Å². The van der Waals surface area contributed by atoms with E-state index in [0.717, 1.165) is 6.42 Å². The van der Waals surface area contributed by atoms with Crippen LogP contribution in [0.5, 0.6) is 0 Å². The van der Waals surface area contributed by atoms with Crippen molar-refractivity contribution < 1.29 is 42.9 Å². The highest BCUT2D eigenvalue weighted by atomic mass is 16.7. The van der Waals surface area contributed by atoms with Crippen LogP contribution < -0.4 is 0 Å². The summed E-state index contributed by atoms with van der Waals surface area (Å²) in [5, 5.41) is 0. The summed E-state index contributed by atoms with van der Waals surface area (Å²) in [5.41, 5.74) is -3.69. The van der Waals surface area contributed by atoms with Gasteiger partial charge in [0.15, 0.2) is 17.2 Å². The van der Waals surface area contributed by atoms with Crippen LogP contribution in [0.3, 0.4) is 0 Å². The van der Waals surface area contributed by atoms with E-state index in [1.54, 1.807) is 13.8 Å². The zero-order valence-corrected chi connectivity index (χ0v) is 23.7. The second-order valence-electron chi connectivity index (χ2n) is 13.3. The van der Waals surface area contributed by atoms with Crippen molar-refractivity contribution >= 4 is 23.7 Å². The molecule has 5 rings (SSSR count). The summed E-state index contributed by atoms with van der Waals surface area (Å²) in [5.74, 6) is -3.55. The highest BCUT2D eigenvalue weighted by molar-refractivity contribution is 6.07. The van der Waals surface area contributed by atoms with Gasteiger partial charge in [0.2, 0.25) is 0 Å². The lowest BCUT2D eigenvalue weighted by atomic mass is 9.38. The molecule has 9 heteroatoms. The molecule has 38 heavy (non-hydrogen) atoms. The minimum atomic E-state index is -1.51. The van der Waals surface area contributed by atoms with Gasteiger partial charge in [-0.15, -0.1) is 0 Å². The summed E-state index contributed by atoms with van der Waals surface area (Å²) in [7, 11) is 0. The maximum atomic E-state index is 14.6. The smallest absolute Gasteiger partial charge is 0.303 e. The van der Waals surface area contributed by atoms with Gasteiger partial charge in [0.25, 0.3) is 0 Å². The third-order valence-electron chi connectivity index (χ3n) is 10.3. The number of rotatable bonds is 3. The molecule has 0 aromatic heterocycles. The average molecular weight is 533 g/mol. The second-order valence-corrected chi connectivity index (χ2v) is 13.3. The molecule has 5 aliphatic rings. The Morgan fingerprint density at radius 2 is 1.58 bits per heavy atom. The Hall–Kier alpha value is -2.26. The molecule has 0 aromatic rings. The van der Waals surface area contributed by atoms with Crippen molar-refractivity contribution in [2.45, 2.75) is 117 Å². The lowest BCUT2D eigenvalue weighted by Crippen LogP contribution is -2.78. The van der Waals surface area contributed by atoms with Gasteiger partial charge in [-0.3, -0.25) is 19.2 Å². The van der Waals surface area contributed by atoms with E-state index in [1.807, 2.05) is 0 Å². The average Bonchev–Trinajstić information content (AvgIpc) is 2.86. The number of esters is 3. The fourth-order valence-electron chi connectivity index (χ4n) is 9.37. The highest BCUT2D eigenvalue weighted by Gasteiger charge is 2.85. The van der Waals surface area contributed by atoms with Crippen LogP contribution in [0.4, 0.5) is 0 Å². The number of Topliss-reactive ketones (excluding diaryl/α,β-unsaturated/α-hetero) is 1. The van der Waals surface area contributed by atoms with Gasteiger partial charge in [-0.1, -0.05) is 27.4 Å². The molecule has 1 aliphatic heterocycles. The lowest BCUT2D eigenvalue weighted by Gasteiger charge is -2.70. The third-order valence-corrected chi connectivity index (χ3v) is 10.3. The number of hydrogen-bond donors (Lipinski definition) is 0. The third kappa shape index (κ3) is 3.36. The molecule has 4 aliphatic carbocycles. The number of fused-ring (bicyclic) bond motifs is 2. The van der Waals surface area contributed by atoms with E-state index in [4.69, 9.17) is 23.7 Å². The first kappa shape index (κ1) is 27.3. The number of carbonyl (C=O) groups is 4. The normalized spacial score (nSPS) is 45.9. The first-order chi connectivity index (χ1) is 17.4. The molecule has 0 unspecified atom stereocenters. The van der Waals surface area contributed by atoms with Gasteiger partial charge >= 0.3 is 17.9 Å². The largest absolute Gasteiger partial charge is 0.462 e. The number of hydrogen-bond acceptors (Lipinski definition) is 9. The van der Waals surface area contributed by atoms with E-state index >= 15 is 0 Å². The number of carbonyl (C=O) groups excluding carboxylic acids is 4. The zero-order chi connectivity index (χ0) is 28.2. The molecular formula is C29H40O9. The van der Waals surface area contributed by atoms with E-state index in [-0.39, 0.29) is 29.1 Å². The first-order valence-corrected chi connectivity index (χ1v) is 13.6. The summed E-state index contributed by atoms with van der Waals surface area (Å²) in [6.07, 6.45) is -0.921. The molecule has 0 N–H and O–H groups in total. The van der Waals surface area contributed by atoms with Gasteiger partial charge in [-0.25, -0.2) is 0 Å². The fraction of sp³-hybridized carbons (Fsp3) is 0.793. The Morgan fingerprint density at radius 3 is 2.16 bits per heavy atom. The van der Waals surface area contributed by atoms with Crippen LogP contribution in [0.15, 0.2) is 12.2 Å². The quantitative estimate of drug-likeness (QED) is 0.305. The van der Waals surface area contributed by atoms with Crippen LogP contribution in [0.1, 0.15) is 81.1 Å². The molecule has 4 saturated carbocycles. The minimum absolute atomic E-state index is 0.0200. The Morgan fingerprint density at radius 1 is 0.947 bits per heavy atom. The van der Waals surface area contributed by atoms with Crippen LogP contribution in [0.25, 0.3) is 0 Å². The molecule has 2 bridgehead atoms. The van der Waals surface area contributed by atoms with E-state index in [0.29, 0.717) is 12.8 Å². The molecule has 5 fully saturated rings. The van der Waals surface area contributed by atoms with Gasteiger partial charge in [0, 0.05) is 44.1 Å². The molecule has 210 valence electrons. The SMILES string of the molecule is C=C1C(=O)[C@@]23[C@@H]4[C@H](OC(C)=O)C[C@]1(OC(C)=O)[C@H]2OC(C)(C)O[C@@H]3C[C@@H]1C(C)(C)CC[C@@H](OC(C)=O)[C@]14C. The monoisotopic (exact) mass is 532 g/mol. The molecule has 9 nitrogen and oxygen atoms in total. The molecule has 1 saturated heterocycles. The zero-order valence-electron chi connectivity index (χ0n) is 23.7. The van der Waals surface area contributed by atoms with Crippen LogP contribution >= 0.6 is 0 Å². The second kappa shape index (κ2) is 8.13. The van der Waals surface area contributed by atoms with Crippen molar-refractivity contribution in [3.8, 4) is 0 Å². The predicted molar refractivity (Wildman–Crippen MR) is 133 cm³/mol. The van der Waals surface area contributed by atoms with Crippen LogP contribution in [0, 0.1) is 28.1 Å². The maximum Gasteiger partial charge on any atom is 0.303 e. The van der Waals surface area contributed by atoms with E-state index < -0.39 is 70.5 Å². The fourth-order valence-corrected chi connectivity index (χ4v) is 9.37. The van der Waals surface area contributed by atoms with Gasteiger partial charge in [0.05, 0.1) is 11.5 Å². The molecule has 9 atom stereocenters. The summed E-state index contributed by atoms with van der Waals surface area (Å²) in [6.45, 7) is 18.2. The van der Waals surface area contributed by atoms with Gasteiger partial charge in [-0.2, -0.15) is 0 Å². The van der Waals surface area contributed by atoms with Crippen molar-refractivity contribution in [2.75, 3.05) is 0 Å². The van der Waals surface area contributed by atoms with E-state index in [9.17, 15) is 19.2 Å². The molecule has 1 heterocycles. The Bertz CT molecular complexity index is 1120. The number of ether oxygens (including phenoxy) is 5. The van der Waals surface area contributed by atoms with Crippen molar-refractivity contribution in [2.24, 2.45) is 28.1 Å². The van der Waals surface area contributed by atoms with E-state index in [1.165, 1.54) is 20.8 Å². The molecule has 0 amide bonds. The maximum absolute atomic E-state index is 14.6. The molecular weight excluding hydrogens is 492 g/mol. The first-order valence-electron chi connectivity index (χ1n) is 13.6. The lowest BCUT2D eigenvalue weighted by molar-refractivity contribution is -0.406. The summed E-state index contributed by atoms with van der Waals surface area (Å²) >= 11 is 0. The Balaban J connectivity index is 1.82. The summed E-state index contributed by atoms with van der Waals surface area (Å²) in [4.78, 5) is 51.9. The van der Waals surface area contributed by atoms with Gasteiger partial charge in [-0.05, 0) is 44.4 Å². The van der Waals surface area contributed by atoms with Crippen molar-refractivity contribution in [1.82, 2.24) is 0 Å². The highest BCUT2D eigenvalue weighted by Crippen LogP contribution is 2.75. The van der Waals surface area contributed by atoms with Gasteiger partial charge < -0.3 is 23.7 Å². The van der Waals surface area contributed by atoms with Crippen molar-refractivity contribution in [1.29, 1.82) is 0 Å². The standard InChI is InChI=1S/C29H40O9/c1-14-23(33)29-21-12-19-25(5,6)11-10-20(35-16(3)31)27(19,9)22(29)18(34-15(2)30)13-28(14,36-17(4)32)24(29)38-26(7,8)37-21/h18-22,24H,1,10-13H2,2-9H3/t18-,19-,20-,21-,22-,24-,27+,28-,29-/m1/s1. The van der Waals surface area contributed by atoms with Crippen LogP contribution in [-0.2, 0) is 42.9 Å².